The first-order valence-electron chi connectivity index (χ1n) is 7.96. The van der Waals surface area contributed by atoms with E-state index in [1.165, 1.54) is 5.69 Å². The van der Waals surface area contributed by atoms with Crippen molar-refractivity contribution in [2.45, 2.75) is 13.3 Å². The first-order chi connectivity index (χ1) is 11.6. The molecule has 1 aromatic heterocycles. The van der Waals surface area contributed by atoms with Crippen LogP contribution in [0.4, 0.5) is 5.69 Å². The fraction of sp³-hybridized carbons (Fsp3) is 0.438. The van der Waals surface area contributed by atoms with Crippen LogP contribution in [0.1, 0.15) is 11.7 Å². The molecule has 1 aliphatic rings. The van der Waals surface area contributed by atoms with Crippen LogP contribution in [-0.2, 0) is 6.42 Å². The van der Waals surface area contributed by atoms with E-state index in [0.29, 0.717) is 30.6 Å². The largest absolute Gasteiger partial charge is 0.370 e. The van der Waals surface area contributed by atoms with Gasteiger partial charge in [-0.3, -0.25) is 4.99 Å². The van der Waals surface area contributed by atoms with Crippen molar-refractivity contribution in [3.05, 3.63) is 41.0 Å². The summed E-state index contributed by atoms with van der Waals surface area (Å²) < 4.78 is 5.06. The van der Waals surface area contributed by atoms with Crippen molar-refractivity contribution in [1.29, 1.82) is 0 Å². The van der Waals surface area contributed by atoms with Crippen LogP contribution in [0, 0.1) is 6.92 Å². The first kappa shape index (κ1) is 19.8. The number of aliphatic imine (C=N–C) groups is 1. The lowest BCUT2D eigenvalue weighted by molar-refractivity contribution is 0.372. The van der Waals surface area contributed by atoms with E-state index in [2.05, 4.69) is 24.9 Å². The topological polar surface area (TPSA) is 83.8 Å². The molecule has 1 saturated heterocycles. The lowest BCUT2D eigenvalue weighted by Gasteiger charge is -2.36. The van der Waals surface area contributed by atoms with Crippen LogP contribution in [-0.4, -0.2) is 53.7 Å². The molecule has 136 valence electrons. The highest BCUT2D eigenvalue weighted by molar-refractivity contribution is 14.0. The van der Waals surface area contributed by atoms with Gasteiger partial charge in [0.2, 0.25) is 5.89 Å². The Kier molecular flexibility index (Phi) is 7.30. The number of piperazine rings is 1. The zero-order valence-electron chi connectivity index (χ0n) is 14.1. The average molecular weight is 477 g/mol. The fourth-order valence-corrected chi connectivity index (χ4v) is 2.78. The molecule has 1 aliphatic heterocycles. The molecule has 0 radical (unpaired) electrons. The van der Waals surface area contributed by atoms with Crippen molar-refractivity contribution in [2.75, 3.05) is 37.6 Å². The molecule has 3 rings (SSSR count). The quantitative estimate of drug-likeness (QED) is 0.414. The molecule has 1 fully saturated rings. The summed E-state index contributed by atoms with van der Waals surface area (Å²) in [6, 6.07) is 7.92. The van der Waals surface area contributed by atoms with Crippen molar-refractivity contribution < 1.29 is 4.52 Å². The minimum Gasteiger partial charge on any atom is -0.370 e. The maximum absolute atomic E-state index is 6.10. The summed E-state index contributed by atoms with van der Waals surface area (Å²) in [5, 5.41) is 4.51. The van der Waals surface area contributed by atoms with Gasteiger partial charge in [0.25, 0.3) is 0 Å². The number of benzene rings is 1. The van der Waals surface area contributed by atoms with Crippen LogP contribution in [0.3, 0.4) is 0 Å². The average Bonchev–Trinajstić information content (AvgIpc) is 3.01. The molecule has 0 unspecified atom stereocenters. The van der Waals surface area contributed by atoms with E-state index in [-0.39, 0.29) is 24.0 Å². The van der Waals surface area contributed by atoms with Crippen LogP contribution in [0.5, 0.6) is 0 Å². The number of hydrogen-bond acceptors (Lipinski definition) is 5. The molecule has 1 aromatic carbocycles. The number of nitrogens with two attached hydrogens (primary N) is 1. The first-order valence-corrected chi connectivity index (χ1v) is 8.34. The number of hydrogen-bond donors (Lipinski definition) is 1. The van der Waals surface area contributed by atoms with Crippen molar-refractivity contribution in [2.24, 2.45) is 10.7 Å². The Bertz CT molecular complexity index is 697. The third kappa shape index (κ3) is 5.46. The molecule has 0 amide bonds. The highest BCUT2D eigenvalue weighted by atomic mass is 127. The van der Waals surface area contributed by atoms with Crippen molar-refractivity contribution in [1.82, 2.24) is 15.0 Å². The highest BCUT2D eigenvalue weighted by Crippen LogP contribution is 2.19. The van der Waals surface area contributed by atoms with E-state index in [9.17, 15) is 0 Å². The Balaban J connectivity index is 0.00000225. The van der Waals surface area contributed by atoms with Gasteiger partial charge in [-0.2, -0.15) is 4.98 Å². The van der Waals surface area contributed by atoms with Crippen LogP contribution >= 0.6 is 35.6 Å². The second-order valence-electron chi connectivity index (χ2n) is 5.68. The molecule has 0 saturated carbocycles. The van der Waals surface area contributed by atoms with E-state index in [1.807, 2.05) is 24.3 Å². The van der Waals surface area contributed by atoms with Crippen molar-refractivity contribution in [3.63, 3.8) is 0 Å². The summed E-state index contributed by atoms with van der Waals surface area (Å²) in [6.07, 6.45) is 0.603. The molecule has 0 spiro atoms. The van der Waals surface area contributed by atoms with E-state index < -0.39 is 0 Å². The highest BCUT2D eigenvalue weighted by Gasteiger charge is 2.18. The van der Waals surface area contributed by atoms with Gasteiger partial charge in [0.05, 0.1) is 6.54 Å². The van der Waals surface area contributed by atoms with Crippen LogP contribution in [0.25, 0.3) is 0 Å². The molecule has 0 atom stereocenters. The van der Waals surface area contributed by atoms with Crippen LogP contribution < -0.4 is 10.6 Å². The lowest BCUT2D eigenvalue weighted by atomic mass is 10.2. The number of aromatic nitrogens is 2. The van der Waals surface area contributed by atoms with Gasteiger partial charge in [-0.25, -0.2) is 0 Å². The number of rotatable bonds is 4. The molecular formula is C16H22ClIN6O. The Labute approximate surface area is 169 Å². The van der Waals surface area contributed by atoms with Crippen molar-refractivity contribution >= 4 is 47.2 Å². The molecule has 25 heavy (non-hydrogen) atoms. The monoisotopic (exact) mass is 476 g/mol. The zero-order chi connectivity index (χ0) is 16.9. The molecule has 9 heteroatoms. The van der Waals surface area contributed by atoms with E-state index in [0.717, 1.165) is 31.2 Å². The molecule has 2 heterocycles. The summed E-state index contributed by atoms with van der Waals surface area (Å²) in [5.41, 5.74) is 7.28. The Morgan fingerprint density at radius 1 is 1.24 bits per heavy atom. The maximum Gasteiger partial charge on any atom is 0.228 e. The molecule has 2 N–H and O–H groups in total. The third-order valence-electron chi connectivity index (χ3n) is 3.96. The smallest absolute Gasteiger partial charge is 0.228 e. The standard InChI is InChI=1S/C16H21ClN6O.HI/c1-12-20-15(24-21-12)6-7-19-16(18)23-10-8-22(9-11-23)14-4-2-13(17)3-5-14;/h2-5H,6-11H2,1H3,(H2,18,19);1H. The van der Waals surface area contributed by atoms with Gasteiger partial charge in [0.15, 0.2) is 11.8 Å². The Morgan fingerprint density at radius 2 is 1.92 bits per heavy atom. The maximum atomic E-state index is 6.10. The molecule has 0 aliphatic carbocycles. The Hall–Kier alpha value is -1.55. The van der Waals surface area contributed by atoms with E-state index >= 15 is 0 Å². The van der Waals surface area contributed by atoms with Gasteiger partial charge in [-0.1, -0.05) is 16.8 Å². The summed E-state index contributed by atoms with van der Waals surface area (Å²) in [6.45, 7) is 5.84. The predicted molar refractivity (Wildman–Crippen MR) is 110 cm³/mol. The molecule has 0 bridgehead atoms. The number of halogens is 2. The Morgan fingerprint density at radius 3 is 2.52 bits per heavy atom. The van der Waals surface area contributed by atoms with Gasteiger partial charge < -0.3 is 20.1 Å². The second kappa shape index (κ2) is 9.23. The van der Waals surface area contributed by atoms with Crippen LogP contribution in [0.2, 0.25) is 5.02 Å². The fourth-order valence-electron chi connectivity index (χ4n) is 2.65. The van der Waals surface area contributed by atoms with Crippen molar-refractivity contribution in [3.8, 4) is 0 Å². The molecule has 2 aromatic rings. The SMILES string of the molecule is Cc1noc(CCN=C(N)N2CCN(c3ccc(Cl)cc3)CC2)n1.I. The van der Waals surface area contributed by atoms with E-state index in [1.54, 1.807) is 6.92 Å². The number of guanidine groups is 1. The number of nitrogens with zero attached hydrogens (tertiary/aromatic N) is 5. The van der Waals surface area contributed by atoms with Gasteiger partial charge in [-0.05, 0) is 31.2 Å². The van der Waals surface area contributed by atoms with E-state index in [4.69, 9.17) is 21.9 Å². The minimum atomic E-state index is 0. The number of anilines is 1. The summed E-state index contributed by atoms with van der Waals surface area (Å²) >= 11 is 5.94. The van der Waals surface area contributed by atoms with Gasteiger partial charge >= 0.3 is 0 Å². The summed E-state index contributed by atoms with van der Waals surface area (Å²) in [5.74, 6) is 1.80. The summed E-state index contributed by atoms with van der Waals surface area (Å²) in [4.78, 5) is 13.0. The predicted octanol–water partition coefficient (Wildman–Crippen LogP) is 2.33. The molecule has 7 nitrogen and oxygen atoms in total. The molecular weight excluding hydrogens is 455 g/mol. The van der Waals surface area contributed by atoms with Crippen LogP contribution in [0.15, 0.2) is 33.8 Å². The lowest BCUT2D eigenvalue weighted by Crippen LogP contribution is -2.51. The normalized spacial score (nSPS) is 15.2. The summed E-state index contributed by atoms with van der Waals surface area (Å²) in [7, 11) is 0. The second-order valence-corrected chi connectivity index (χ2v) is 6.11. The third-order valence-corrected chi connectivity index (χ3v) is 4.22. The van der Waals surface area contributed by atoms with Gasteiger partial charge in [-0.15, -0.1) is 24.0 Å². The van der Waals surface area contributed by atoms with Gasteiger partial charge in [0.1, 0.15) is 0 Å². The minimum absolute atomic E-state index is 0. The zero-order valence-corrected chi connectivity index (χ0v) is 17.1. The van der Waals surface area contributed by atoms with Gasteiger partial charge in [0, 0.05) is 43.3 Å². The number of aryl methyl sites for hydroxylation is 1.